The van der Waals surface area contributed by atoms with Crippen molar-refractivity contribution in [3.8, 4) is 5.75 Å². The summed E-state index contributed by atoms with van der Waals surface area (Å²) < 4.78 is 0. The first-order chi connectivity index (χ1) is 16.7. The van der Waals surface area contributed by atoms with Gasteiger partial charge >= 0.3 is 5.97 Å². The van der Waals surface area contributed by atoms with Crippen LogP contribution in [-0.4, -0.2) is 63.5 Å². The predicted octanol–water partition coefficient (Wildman–Crippen LogP) is 0.641. The van der Waals surface area contributed by atoms with Gasteiger partial charge in [-0.3, -0.25) is 14.4 Å². The molecule has 10 nitrogen and oxygen atoms in total. The number of hydrogen-bond donors (Lipinski definition) is 6. The Morgan fingerprint density at radius 1 is 1.06 bits per heavy atom. The van der Waals surface area contributed by atoms with E-state index in [-0.39, 0.29) is 30.2 Å². The van der Waals surface area contributed by atoms with Crippen LogP contribution in [0.15, 0.2) is 48.5 Å². The van der Waals surface area contributed by atoms with Gasteiger partial charge in [0.2, 0.25) is 11.8 Å². The lowest BCUT2D eigenvalue weighted by molar-refractivity contribution is -0.138. The molecule has 12 heteroatoms. The SMILES string of the molecule is N[C@@H](Cc1ccc(O)cc1)C(=O)N[C@H]1CSSC[C@@H](C(=O)O)NC(=O)c2ccc(cc2)CNC1=O. The molecule has 2 bridgehead atoms. The zero-order valence-electron chi connectivity index (χ0n) is 18.6. The van der Waals surface area contributed by atoms with Crippen LogP contribution in [0, 0.1) is 0 Å². The van der Waals surface area contributed by atoms with Gasteiger partial charge in [-0.05, 0) is 41.8 Å². The third-order valence-corrected chi connectivity index (χ3v) is 7.62. The topological polar surface area (TPSA) is 171 Å². The lowest BCUT2D eigenvalue weighted by atomic mass is 10.1. The smallest absolute Gasteiger partial charge is 0.327 e. The normalized spacial score (nSPS) is 20.0. The van der Waals surface area contributed by atoms with Crippen molar-refractivity contribution in [3.63, 3.8) is 0 Å². The Morgan fingerprint density at radius 2 is 1.71 bits per heavy atom. The number of benzene rings is 2. The summed E-state index contributed by atoms with van der Waals surface area (Å²) in [5, 5.41) is 26.8. The van der Waals surface area contributed by atoms with Gasteiger partial charge in [-0.25, -0.2) is 4.79 Å². The summed E-state index contributed by atoms with van der Waals surface area (Å²) in [7, 11) is 2.38. The van der Waals surface area contributed by atoms with Crippen molar-refractivity contribution in [2.75, 3.05) is 11.5 Å². The van der Waals surface area contributed by atoms with E-state index in [1.54, 1.807) is 36.4 Å². The Labute approximate surface area is 209 Å². The standard InChI is InChI=1S/C23H26N4O6S2/c24-17(9-13-3-7-16(28)8-4-13)21(30)26-18-11-34-35-12-19(23(32)33)27-20(29)15-5-1-14(2-6-15)10-25-22(18)31/h1-8,17-19,28H,9-12,24H2,(H,25,31)(H,26,30)(H,27,29)(H,32,33)/t17-,18-,19-/m0/s1. The minimum atomic E-state index is -1.17. The van der Waals surface area contributed by atoms with E-state index in [1.807, 2.05) is 0 Å². The van der Waals surface area contributed by atoms with Crippen LogP contribution < -0.4 is 21.7 Å². The van der Waals surface area contributed by atoms with E-state index in [4.69, 9.17) is 5.73 Å². The van der Waals surface area contributed by atoms with Crippen LogP contribution >= 0.6 is 21.6 Å². The first-order valence-electron chi connectivity index (χ1n) is 10.7. The average molecular weight is 519 g/mol. The number of carboxylic acids is 1. The highest BCUT2D eigenvalue weighted by Gasteiger charge is 2.26. The molecule has 2 heterocycles. The minimum absolute atomic E-state index is 0.0620. The number of amides is 3. The number of carboxylic acid groups (broad SMARTS) is 1. The van der Waals surface area contributed by atoms with Gasteiger partial charge in [0.05, 0.1) is 6.04 Å². The Morgan fingerprint density at radius 3 is 2.37 bits per heavy atom. The summed E-state index contributed by atoms with van der Waals surface area (Å²) >= 11 is 0. The van der Waals surface area contributed by atoms with Crippen molar-refractivity contribution in [1.29, 1.82) is 0 Å². The molecular formula is C23H26N4O6S2. The van der Waals surface area contributed by atoms with Crippen LogP contribution in [0.5, 0.6) is 5.75 Å². The average Bonchev–Trinajstić information content (AvgIpc) is 2.84. The molecule has 3 amide bonds. The summed E-state index contributed by atoms with van der Waals surface area (Å²) in [5.41, 5.74) is 7.84. The van der Waals surface area contributed by atoms with Gasteiger partial charge in [-0.1, -0.05) is 45.9 Å². The van der Waals surface area contributed by atoms with Crippen molar-refractivity contribution in [2.24, 2.45) is 5.73 Å². The highest BCUT2D eigenvalue weighted by atomic mass is 33.1. The van der Waals surface area contributed by atoms with Gasteiger partial charge in [-0.15, -0.1) is 0 Å². The van der Waals surface area contributed by atoms with Crippen molar-refractivity contribution in [3.05, 3.63) is 65.2 Å². The number of rotatable bonds is 5. The molecule has 2 aliphatic rings. The van der Waals surface area contributed by atoms with Crippen LogP contribution in [0.4, 0.5) is 0 Å². The quantitative estimate of drug-likeness (QED) is 0.311. The van der Waals surface area contributed by atoms with Gasteiger partial charge in [0.1, 0.15) is 17.8 Å². The lowest BCUT2D eigenvalue weighted by Gasteiger charge is -2.21. The number of fused-ring (bicyclic) bond motifs is 12. The summed E-state index contributed by atoms with van der Waals surface area (Å²) in [6.45, 7) is 0.183. The number of carbonyl (C=O) groups is 4. The molecule has 0 radical (unpaired) electrons. The number of nitrogens with one attached hydrogen (secondary N) is 3. The van der Waals surface area contributed by atoms with Crippen LogP contribution in [-0.2, 0) is 27.3 Å². The molecule has 2 aromatic carbocycles. The van der Waals surface area contributed by atoms with Crippen LogP contribution in [0.3, 0.4) is 0 Å². The highest BCUT2D eigenvalue weighted by Crippen LogP contribution is 2.23. The summed E-state index contributed by atoms with van der Waals surface area (Å²) in [5.74, 6) is -2.27. The Balaban J connectivity index is 1.69. The Kier molecular flexibility index (Phi) is 9.40. The maximum atomic E-state index is 12.9. The summed E-state index contributed by atoms with van der Waals surface area (Å²) in [6, 6.07) is 9.81. The molecule has 4 rings (SSSR count). The van der Waals surface area contributed by atoms with Gasteiger partial charge in [-0.2, -0.15) is 0 Å². The predicted molar refractivity (Wildman–Crippen MR) is 134 cm³/mol. The number of carbonyl (C=O) groups excluding carboxylic acids is 3. The molecule has 2 aliphatic heterocycles. The molecule has 0 unspecified atom stereocenters. The maximum absolute atomic E-state index is 12.9. The number of phenolic OH excluding ortho intramolecular Hbond substituents is 1. The fourth-order valence-corrected chi connectivity index (χ4v) is 5.49. The third-order valence-electron chi connectivity index (χ3n) is 5.20. The Bertz CT molecular complexity index is 1060. The number of aromatic hydroxyl groups is 1. The Hall–Kier alpha value is -3.22. The van der Waals surface area contributed by atoms with E-state index < -0.39 is 41.8 Å². The second kappa shape index (κ2) is 12.5. The zero-order valence-corrected chi connectivity index (χ0v) is 20.2. The zero-order chi connectivity index (χ0) is 25.4. The molecule has 7 N–H and O–H groups in total. The number of hydrogen-bond acceptors (Lipinski definition) is 8. The van der Waals surface area contributed by atoms with Gasteiger partial charge in [0, 0.05) is 23.6 Å². The van der Waals surface area contributed by atoms with Gasteiger partial charge in [0.25, 0.3) is 5.91 Å². The van der Waals surface area contributed by atoms with E-state index >= 15 is 0 Å². The molecule has 186 valence electrons. The number of nitrogens with two attached hydrogens (primary N) is 1. The highest BCUT2D eigenvalue weighted by molar-refractivity contribution is 8.76. The van der Waals surface area contributed by atoms with Gasteiger partial charge in [0.15, 0.2) is 0 Å². The van der Waals surface area contributed by atoms with Crippen molar-refractivity contribution in [1.82, 2.24) is 16.0 Å². The molecule has 35 heavy (non-hydrogen) atoms. The summed E-state index contributed by atoms with van der Waals surface area (Å²) in [4.78, 5) is 49.5. The number of phenols is 1. The maximum Gasteiger partial charge on any atom is 0.327 e. The minimum Gasteiger partial charge on any atom is -0.508 e. The molecular weight excluding hydrogens is 492 g/mol. The molecule has 0 saturated heterocycles. The van der Waals surface area contributed by atoms with Crippen LogP contribution in [0.2, 0.25) is 0 Å². The fraction of sp³-hybridized carbons (Fsp3) is 0.304. The molecule has 3 atom stereocenters. The third kappa shape index (κ3) is 7.91. The molecule has 0 aromatic heterocycles. The first-order valence-corrected chi connectivity index (χ1v) is 13.2. The van der Waals surface area contributed by atoms with E-state index in [0.29, 0.717) is 5.56 Å². The summed E-state index contributed by atoms with van der Waals surface area (Å²) in [6.07, 6.45) is 0.217. The fourth-order valence-electron chi connectivity index (χ4n) is 3.18. The van der Waals surface area contributed by atoms with E-state index in [9.17, 15) is 29.4 Å². The molecule has 0 aliphatic carbocycles. The van der Waals surface area contributed by atoms with Crippen LogP contribution in [0.25, 0.3) is 0 Å². The largest absolute Gasteiger partial charge is 0.508 e. The van der Waals surface area contributed by atoms with Crippen LogP contribution in [0.1, 0.15) is 21.5 Å². The molecule has 0 saturated carbocycles. The molecule has 0 spiro atoms. The van der Waals surface area contributed by atoms with Gasteiger partial charge < -0.3 is 31.9 Å². The molecule has 2 aromatic rings. The molecule has 0 fully saturated rings. The number of aliphatic carboxylic acids is 1. The lowest BCUT2D eigenvalue weighted by Crippen LogP contribution is -2.53. The van der Waals surface area contributed by atoms with Crippen molar-refractivity contribution < 1.29 is 29.4 Å². The monoisotopic (exact) mass is 518 g/mol. The second-order valence-corrected chi connectivity index (χ2v) is 10.4. The van der Waals surface area contributed by atoms with Crippen molar-refractivity contribution >= 4 is 45.3 Å². The van der Waals surface area contributed by atoms with E-state index in [1.165, 1.54) is 33.7 Å². The second-order valence-electron chi connectivity index (χ2n) is 7.89. The van der Waals surface area contributed by atoms with Crippen molar-refractivity contribution in [2.45, 2.75) is 31.1 Å². The van der Waals surface area contributed by atoms with E-state index in [0.717, 1.165) is 11.1 Å². The van der Waals surface area contributed by atoms with E-state index in [2.05, 4.69) is 16.0 Å². The first kappa shape index (κ1) is 26.4.